The summed E-state index contributed by atoms with van der Waals surface area (Å²) in [4.78, 5) is 34.9. The van der Waals surface area contributed by atoms with E-state index in [0.717, 1.165) is 0 Å². The molecule has 1 aromatic carbocycles. The number of carbonyl (C=O) groups excluding carboxylic acids is 2. The average Bonchev–Trinajstić information content (AvgIpc) is 2.47. The molecule has 1 saturated heterocycles. The Morgan fingerprint density at radius 3 is 2.90 bits per heavy atom. The maximum Gasteiger partial charge on any atom is 0.270 e. The fraction of sp³-hybridized carbons (Fsp3) is 0.250. The lowest BCUT2D eigenvalue weighted by Gasteiger charge is -2.28. The number of benzene rings is 1. The largest absolute Gasteiger partial charge is 0.353 e. The number of nitrogens with one attached hydrogen (secondary N) is 2. The van der Waals surface area contributed by atoms with Crippen molar-refractivity contribution in [2.24, 2.45) is 0 Å². The van der Waals surface area contributed by atoms with Gasteiger partial charge in [-0.25, -0.2) is 0 Å². The van der Waals surface area contributed by atoms with E-state index in [0.29, 0.717) is 13.1 Å². The van der Waals surface area contributed by atoms with Gasteiger partial charge in [-0.2, -0.15) is 0 Å². The molecule has 110 valence electrons. The maximum absolute atomic E-state index is 12.0. The number of carbonyl (C=O) groups is 2. The molecule has 2 N–H and O–H groups in total. The van der Waals surface area contributed by atoms with Crippen molar-refractivity contribution < 1.29 is 14.5 Å². The first-order valence-corrected chi connectivity index (χ1v) is 6.49. The van der Waals surface area contributed by atoms with Crippen LogP contribution in [0.1, 0.15) is 10.4 Å². The van der Waals surface area contributed by atoms with Gasteiger partial charge in [0.25, 0.3) is 11.6 Å². The SMILES string of the molecule is O=C1CN(C(=S)NC(=O)c2cccc([N+](=O)[O-])c2)CCN1. The highest BCUT2D eigenvalue weighted by Gasteiger charge is 2.20. The molecule has 0 radical (unpaired) electrons. The molecule has 1 heterocycles. The monoisotopic (exact) mass is 308 g/mol. The summed E-state index contributed by atoms with van der Waals surface area (Å²) in [5.74, 6) is -0.720. The number of non-ortho nitro benzene ring substituents is 1. The number of nitro benzene ring substituents is 1. The Morgan fingerprint density at radius 2 is 2.24 bits per heavy atom. The van der Waals surface area contributed by atoms with Crippen LogP contribution in [-0.2, 0) is 4.79 Å². The highest BCUT2D eigenvalue weighted by atomic mass is 32.1. The number of hydrogen-bond donors (Lipinski definition) is 2. The molecule has 0 aromatic heterocycles. The molecule has 0 saturated carbocycles. The number of piperazine rings is 1. The zero-order valence-corrected chi connectivity index (χ0v) is 11.7. The lowest BCUT2D eigenvalue weighted by molar-refractivity contribution is -0.384. The number of rotatable bonds is 2. The van der Waals surface area contributed by atoms with E-state index in [9.17, 15) is 19.7 Å². The van der Waals surface area contributed by atoms with Crippen LogP contribution in [0.2, 0.25) is 0 Å². The minimum absolute atomic E-state index is 0.0774. The lowest BCUT2D eigenvalue weighted by Crippen LogP contribution is -2.53. The van der Waals surface area contributed by atoms with Crippen LogP contribution in [-0.4, -0.2) is 46.4 Å². The Labute approximate surface area is 125 Å². The van der Waals surface area contributed by atoms with Gasteiger partial charge >= 0.3 is 0 Å². The van der Waals surface area contributed by atoms with Crippen LogP contribution < -0.4 is 10.6 Å². The standard InChI is InChI=1S/C12H12N4O4S/c17-10-7-15(5-4-13-10)12(21)14-11(18)8-2-1-3-9(6-8)16(19)20/h1-3,6H,4-5,7H2,(H,13,17)(H,14,18,21). The maximum atomic E-state index is 12.0. The Hall–Kier alpha value is -2.55. The van der Waals surface area contributed by atoms with Crippen LogP contribution in [0, 0.1) is 10.1 Å². The molecule has 0 aliphatic carbocycles. The molecule has 21 heavy (non-hydrogen) atoms. The van der Waals surface area contributed by atoms with Gasteiger partial charge in [0.05, 0.1) is 11.5 Å². The Balaban J connectivity index is 2.03. The van der Waals surface area contributed by atoms with E-state index >= 15 is 0 Å². The zero-order chi connectivity index (χ0) is 15.4. The van der Waals surface area contributed by atoms with E-state index < -0.39 is 10.8 Å². The fourth-order valence-electron chi connectivity index (χ4n) is 1.82. The van der Waals surface area contributed by atoms with Gasteiger partial charge < -0.3 is 10.2 Å². The third-order valence-electron chi connectivity index (χ3n) is 2.87. The van der Waals surface area contributed by atoms with Crippen LogP contribution in [0.5, 0.6) is 0 Å². The molecule has 0 unspecified atom stereocenters. The van der Waals surface area contributed by atoms with E-state index in [1.54, 1.807) is 4.90 Å². The summed E-state index contributed by atoms with van der Waals surface area (Å²) < 4.78 is 0. The summed E-state index contributed by atoms with van der Waals surface area (Å²) in [6.07, 6.45) is 0. The predicted octanol–water partition coefficient (Wildman–Crippen LogP) is 0.0413. The topological polar surface area (TPSA) is 105 Å². The van der Waals surface area contributed by atoms with Gasteiger partial charge in [-0.15, -0.1) is 0 Å². The van der Waals surface area contributed by atoms with Crippen LogP contribution in [0.25, 0.3) is 0 Å². The highest BCUT2D eigenvalue weighted by Crippen LogP contribution is 2.13. The quantitative estimate of drug-likeness (QED) is 0.454. The summed E-state index contributed by atoms with van der Waals surface area (Å²) in [5, 5.41) is 15.9. The fourth-order valence-corrected chi connectivity index (χ4v) is 2.07. The first kappa shape index (κ1) is 14.9. The molecule has 1 aliphatic heterocycles. The molecule has 0 atom stereocenters. The molecule has 9 heteroatoms. The van der Waals surface area contributed by atoms with E-state index in [4.69, 9.17) is 12.2 Å². The van der Waals surface area contributed by atoms with E-state index in [2.05, 4.69) is 10.6 Å². The van der Waals surface area contributed by atoms with Gasteiger partial charge in [0.2, 0.25) is 5.91 Å². The molecular formula is C12H12N4O4S. The van der Waals surface area contributed by atoms with E-state index in [1.807, 2.05) is 0 Å². The van der Waals surface area contributed by atoms with Crippen molar-refractivity contribution >= 4 is 34.8 Å². The Bertz CT molecular complexity index is 619. The summed E-state index contributed by atoms with van der Waals surface area (Å²) in [6, 6.07) is 5.34. The van der Waals surface area contributed by atoms with Crippen LogP contribution in [0.4, 0.5) is 5.69 Å². The van der Waals surface area contributed by atoms with Crippen molar-refractivity contribution in [2.75, 3.05) is 19.6 Å². The molecule has 8 nitrogen and oxygen atoms in total. The summed E-state index contributed by atoms with van der Waals surface area (Å²) in [5.41, 5.74) is -0.0427. The van der Waals surface area contributed by atoms with Gasteiger partial charge in [-0.05, 0) is 18.3 Å². The second-order valence-electron chi connectivity index (χ2n) is 4.34. The summed E-state index contributed by atoms with van der Waals surface area (Å²) in [7, 11) is 0. The van der Waals surface area contributed by atoms with Crippen molar-refractivity contribution in [3.63, 3.8) is 0 Å². The summed E-state index contributed by atoms with van der Waals surface area (Å²) in [6.45, 7) is 1.03. The van der Waals surface area contributed by atoms with E-state index in [1.165, 1.54) is 24.3 Å². The van der Waals surface area contributed by atoms with Gasteiger partial charge in [0, 0.05) is 30.8 Å². The Kier molecular flexibility index (Phi) is 4.43. The van der Waals surface area contributed by atoms with Crippen molar-refractivity contribution in [3.05, 3.63) is 39.9 Å². The molecule has 0 spiro atoms. The molecule has 2 amide bonds. The second kappa shape index (κ2) is 6.27. The second-order valence-corrected chi connectivity index (χ2v) is 4.72. The first-order valence-electron chi connectivity index (χ1n) is 6.09. The summed E-state index contributed by atoms with van der Waals surface area (Å²) >= 11 is 5.07. The van der Waals surface area contributed by atoms with E-state index in [-0.39, 0.29) is 28.8 Å². The van der Waals surface area contributed by atoms with Gasteiger partial charge in [-0.1, -0.05) is 6.07 Å². The number of nitro groups is 1. The minimum Gasteiger partial charge on any atom is -0.353 e. The average molecular weight is 308 g/mol. The van der Waals surface area contributed by atoms with Gasteiger partial charge in [-0.3, -0.25) is 25.0 Å². The molecule has 1 aliphatic rings. The van der Waals surface area contributed by atoms with Crippen molar-refractivity contribution in [1.29, 1.82) is 0 Å². The van der Waals surface area contributed by atoms with Crippen molar-refractivity contribution in [1.82, 2.24) is 15.5 Å². The normalized spacial score (nSPS) is 14.3. The zero-order valence-electron chi connectivity index (χ0n) is 10.9. The predicted molar refractivity (Wildman–Crippen MR) is 77.7 cm³/mol. The van der Waals surface area contributed by atoms with Crippen LogP contribution in [0.3, 0.4) is 0 Å². The molecule has 1 fully saturated rings. The molecule has 0 bridgehead atoms. The molecular weight excluding hydrogens is 296 g/mol. The van der Waals surface area contributed by atoms with Gasteiger partial charge in [0.1, 0.15) is 0 Å². The third kappa shape index (κ3) is 3.72. The van der Waals surface area contributed by atoms with Crippen LogP contribution in [0.15, 0.2) is 24.3 Å². The number of thiocarbonyl (C=S) groups is 1. The van der Waals surface area contributed by atoms with Crippen molar-refractivity contribution in [3.8, 4) is 0 Å². The number of nitrogens with zero attached hydrogens (tertiary/aromatic N) is 2. The van der Waals surface area contributed by atoms with Crippen LogP contribution >= 0.6 is 12.2 Å². The minimum atomic E-state index is -0.579. The third-order valence-corrected chi connectivity index (χ3v) is 3.23. The smallest absolute Gasteiger partial charge is 0.270 e. The van der Waals surface area contributed by atoms with Crippen molar-refractivity contribution in [2.45, 2.75) is 0 Å². The Morgan fingerprint density at radius 1 is 1.48 bits per heavy atom. The number of amides is 2. The van der Waals surface area contributed by atoms with Gasteiger partial charge in [0.15, 0.2) is 5.11 Å². The molecule has 2 rings (SSSR count). The molecule has 1 aromatic rings. The first-order chi connectivity index (χ1) is 9.97. The lowest BCUT2D eigenvalue weighted by atomic mass is 10.2. The number of hydrogen-bond acceptors (Lipinski definition) is 5. The highest BCUT2D eigenvalue weighted by molar-refractivity contribution is 7.80.